The first kappa shape index (κ1) is 39.8. The van der Waals surface area contributed by atoms with Crippen LogP contribution in [0.15, 0.2) is 239 Å². The molecule has 2 N–H and O–H groups in total. The summed E-state index contributed by atoms with van der Waals surface area (Å²) in [6.07, 6.45) is 0. The summed E-state index contributed by atoms with van der Waals surface area (Å²) in [6.45, 7) is 0. The van der Waals surface area contributed by atoms with Crippen LogP contribution in [-0.4, -0.2) is 26.4 Å². The smallest absolute Gasteiger partial charge is 0.184 e. The van der Waals surface area contributed by atoms with Crippen LogP contribution >= 0.6 is 31.9 Å². The fourth-order valence-electron chi connectivity index (χ4n) is 9.87. The molecule has 0 heterocycles. The first-order valence-electron chi connectivity index (χ1n) is 20.7. The van der Waals surface area contributed by atoms with Crippen molar-refractivity contribution in [2.45, 2.75) is 0 Å². The molecule has 0 aromatic heterocycles. The topological polar surface area (TPSA) is 40.5 Å². The lowest BCUT2D eigenvalue weighted by atomic mass is 9.92. The molecule has 10 aromatic carbocycles. The van der Waals surface area contributed by atoms with Crippen LogP contribution in [0.25, 0.3) is 32.7 Å². The highest BCUT2D eigenvalue weighted by atomic mass is 79.9. The second-order valence-electron chi connectivity index (χ2n) is 15.7. The molecule has 10 aromatic rings. The molecule has 0 amide bonds. The minimum atomic E-state index is -3.29. The van der Waals surface area contributed by atoms with E-state index in [9.17, 15) is 10.2 Å². The summed E-state index contributed by atoms with van der Waals surface area (Å²) in [4.78, 5) is 0. The molecule has 298 valence electrons. The fourth-order valence-corrected chi connectivity index (χ4v) is 20.4. The quantitative estimate of drug-likeness (QED) is 0.112. The van der Waals surface area contributed by atoms with Crippen LogP contribution < -0.4 is 41.5 Å². The maximum absolute atomic E-state index is 13.7. The number of rotatable bonds is 9. The van der Waals surface area contributed by atoms with Crippen LogP contribution in [0.5, 0.6) is 11.5 Å². The van der Waals surface area contributed by atoms with E-state index in [4.69, 9.17) is 0 Å². The monoisotopic (exact) mass is 958 g/mol. The van der Waals surface area contributed by atoms with Crippen LogP contribution in [0.2, 0.25) is 0 Å². The van der Waals surface area contributed by atoms with Crippen molar-refractivity contribution in [2.24, 2.45) is 0 Å². The number of phenolic OH excluding ortho intramolecular Hbond substituents is 2. The van der Waals surface area contributed by atoms with Crippen molar-refractivity contribution in [2.75, 3.05) is 0 Å². The molecule has 0 aliphatic heterocycles. The Hall–Kier alpha value is -6.29. The number of hydrogen-bond acceptors (Lipinski definition) is 2. The molecule has 6 heteroatoms. The van der Waals surface area contributed by atoms with Gasteiger partial charge in [0.2, 0.25) is 0 Å². The van der Waals surface area contributed by atoms with E-state index in [0.717, 1.165) is 72.0 Å². The third kappa shape index (κ3) is 6.48. The standard InChI is InChI=1S/C56H40Br2O2Si2/c57-41-31-33-49-39(35-41)37-51(61(43-19-7-1-8-20-43,44-21-9-2-10-22-44)45-23-11-3-12-24-45)55(59)53(49)54-50-34-32-42(58)36-40(50)38-52(56(54)60)62(46-25-13-4-14-26-46,47-27-15-5-16-28-47)48-29-17-6-18-30-48/h1-38,59-60H. The fraction of sp³-hybridized carbons (Fsp3) is 0. The number of halogens is 2. The van der Waals surface area contributed by atoms with Gasteiger partial charge in [0, 0.05) is 20.1 Å². The minimum absolute atomic E-state index is 0.158. The van der Waals surface area contributed by atoms with Gasteiger partial charge in [-0.25, -0.2) is 0 Å². The largest absolute Gasteiger partial charge is 0.507 e. The Labute approximate surface area is 380 Å². The Kier molecular flexibility index (Phi) is 10.6. The predicted molar refractivity (Wildman–Crippen MR) is 273 cm³/mol. The van der Waals surface area contributed by atoms with E-state index < -0.39 is 16.1 Å². The van der Waals surface area contributed by atoms with Crippen LogP contribution in [0.4, 0.5) is 0 Å². The first-order valence-corrected chi connectivity index (χ1v) is 26.3. The maximum Gasteiger partial charge on any atom is 0.184 e. The molecule has 0 unspecified atom stereocenters. The number of fused-ring (bicyclic) bond motifs is 2. The zero-order chi connectivity index (χ0) is 42.3. The third-order valence-corrected chi connectivity index (χ3v) is 23.0. The lowest BCUT2D eigenvalue weighted by molar-refractivity contribution is 0.474. The predicted octanol–water partition coefficient (Wildman–Crippen LogP) is 9.35. The van der Waals surface area contributed by atoms with E-state index in [1.807, 2.05) is 12.1 Å². The lowest BCUT2D eigenvalue weighted by Gasteiger charge is -2.37. The second kappa shape index (κ2) is 16.5. The first-order chi connectivity index (χ1) is 30.4. The van der Waals surface area contributed by atoms with Gasteiger partial charge >= 0.3 is 0 Å². The average molecular weight is 961 g/mol. The van der Waals surface area contributed by atoms with Gasteiger partial charge in [-0.05, 0) is 87.3 Å². The van der Waals surface area contributed by atoms with Gasteiger partial charge in [-0.1, -0.05) is 238 Å². The summed E-state index contributed by atoms with van der Waals surface area (Å²) in [6, 6.07) is 80.9. The highest BCUT2D eigenvalue weighted by Gasteiger charge is 2.47. The SMILES string of the molecule is Oc1c([Si](c2ccccc2)(c2ccccc2)c2ccccc2)cc2cc(Br)ccc2c1-c1c(O)c([Si](c2ccccc2)(c2ccccc2)c2ccccc2)cc2cc(Br)ccc12. The molecular formula is C56H40Br2O2Si2. The summed E-state index contributed by atoms with van der Waals surface area (Å²) < 4.78 is 1.85. The van der Waals surface area contributed by atoms with Crippen molar-refractivity contribution in [1.29, 1.82) is 0 Å². The van der Waals surface area contributed by atoms with Crippen LogP contribution in [-0.2, 0) is 0 Å². The summed E-state index contributed by atoms with van der Waals surface area (Å²) in [5.41, 5.74) is 1.21. The molecular weight excluding hydrogens is 921 g/mol. The molecule has 0 aliphatic carbocycles. The Bertz CT molecular complexity index is 2790. The molecule has 10 rings (SSSR count). The summed E-state index contributed by atoms with van der Waals surface area (Å²) in [5.74, 6) is 0.317. The molecule has 0 saturated heterocycles. The molecule has 0 saturated carbocycles. The number of phenols is 2. The zero-order valence-corrected chi connectivity index (χ0v) is 38.8. The van der Waals surface area contributed by atoms with Crippen LogP contribution in [0.3, 0.4) is 0 Å². The molecule has 0 spiro atoms. The maximum atomic E-state index is 13.7. The molecule has 62 heavy (non-hydrogen) atoms. The Balaban J connectivity index is 1.42. The van der Waals surface area contributed by atoms with E-state index in [1.54, 1.807) is 0 Å². The summed E-state index contributed by atoms with van der Waals surface area (Å²) in [5, 5.41) is 39.6. The van der Waals surface area contributed by atoms with E-state index in [0.29, 0.717) is 11.1 Å². The zero-order valence-electron chi connectivity index (χ0n) is 33.6. The number of benzene rings is 10. The van der Waals surface area contributed by atoms with Gasteiger partial charge < -0.3 is 10.2 Å². The van der Waals surface area contributed by atoms with Crippen molar-refractivity contribution in [3.63, 3.8) is 0 Å². The van der Waals surface area contributed by atoms with Gasteiger partial charge in [0.1, 0.15) is 11.5 Å². The van der Waals surface area contributed by atoms with Gasteiger partial charge in [-0.2, -0.15) is 0 Å². The van der Waals surface area contributed by atoms with E-state index >= 15 is 0 Å². The minimum Gasteiger partial charge on any atom is -0.507 e. The highest BCUT2D eigenvalue weighted by molar-refractivity contribution is 9.10. The average Bonchev–Trinajstić information content (AvgIpc) is 3.32. The Morgan fingerprint density at radius 2 is 0.532 bits per heavy atom. The molecule has 0 bridgehead atoms. The highest BCUT2D eigenvalue weighted by Crippen LogP contribution is 2.45. The number of aromatic hydroxyl groups is 2. The molecule has 0 radical (unpaired) electrons. The molecule has 0 aliphatic rings. The number of hydrogen-bond donors (Lipinski definition) is 2. The summed E-state index contributed by atoms with van der Waals surface area (Å²) >= 11 is 7.64. The molecule has 0 atom stereocenters. The van der Waals surface area contributed by atoms with Gasteiger partial charge in [0.15, 0.2) is 16.1 Å². The van der Waals surface area contributed by atoms with Gasteiger partial charge in [-0.15, -0.1) is 0 Å². The van der Waals surface area contributed by atoms with Crippen molar-refractivity contribution in [3.05, 3.63) is 239 Å². The lowest BCUT2D eigenvalue weighted by Crippen LogP contribution is -2.75. The van der Waals surface area contributed by atoms with E-state index in [2.05, 4.69) is 250 Å². The summed E-state index contributed by atoms with van der Waals surface area (Å²) in [7, 11) is -6.58. The van der Waals surface area contributed by atoms with Gasteiger partial charge in [0.25, 0.3) is 0 Å². The van der Waals surface area contributed by atoms with E-state index in [-0.39, 0.29) is 11.5 Å². The van der Waals surface area contributed by atoms with Crippen molar-refractivity contribution >= 4 is 111 Å². The second-order valence-corrected chi connectivity index (χ2v) is 25.1. The van der Waals surface area contributed by atoms with E-state index in [1.165, 1.54) is 0 Å². The van der Waals surface area contributed by atoms with Crippen molar-refractivity contribution in [1.82, 2.24) is 0 Å². The van der Waals surface area contributed by atoms with Crippen LogP contribution in [0, 0.1) is 0 Å². The van der Waals surface area contributed by atoms with Gasteiger partial charge in [-0.3, -0.25) is 0 Å². The third-order valence-electron chi connectivity index (χ3n) is 12.4. The molecule has 0 fully saturated rings. The van der Waals surface area contributed by atoms with Crippen molar-refractivity contribution < 1.29 is 10.2 Å². The van der Waals surface area contributed by atoms with Crippen molar-refractivity contribution in [3.8, 4) is 22.6 Å². The van der Waals surface area contributed by atoms with Gasteiger partial charge in [0.05, 0.1) is 0 Å². The Morgan fingerprint density at radius 3 is 0.774 bits per heavy atom. The molecule has 2 nitrogen and oxygen atoms in total. The van der Waals surface area contributed by atoms with Crippen LogP contribution in [0.1, 0.15) is 0 Å². The normalized spacial score (nSPS) is 11.8. The Morgan fingerprint density at radius 1 is 0.290 bits per heavy atom.